The molecule has 5 heteroatoms. The zero-order valence-electron chi connectivity index (χ0n) is 14.1. The molecule has 0 spiro atoms. The van der Waals surface area contributed by atoms with Crippen molar-refractivity contribution < 1.29 is 8.78 Å². The van der Waals surface area contributed by atoms with Gasteiger partial charge in [-0.1, -0.05) is 13.8 Å². The lowest BCUT2D eigenvalue weighted by Gasteiger charge is -2.36. The molecule has 2 aliphatic rings. The van der Waals surface area contributed by atoms with Crippen LogP contribution in [0.1, 0.15) is 70.3 Å². The summed E-state index contributed by atoms with van der Waals surface area (Å²) < 4.78 is 25.4. The SMILES string of the molecule is CC(C)CC12CCCN1C(CCc1ccnc(C(F)F)n1)CC2. The molecule has 0 amide bonds. The highest BCUT2D eigenvalue weighted by Crippen LogP contribution is 2.47. The smallest absolute Gasteiger partial charge is 0.295 e. The summed E-state index contributed by atoms with van der Waals surface area (Å²) in [5.41, 5.74) is 1.16. The number of hydrogen-bond donors (Lipinski definition) is 0. The number of hydrogen-bond acceptors (Lipinski definition) is 3. The number of fused-ring (bicyclic) bond motifs is 1. The highest BCUT2D eigenvalue weighted by molar-refractivity contribution is 5.07. The van der Waals surface area contributed by atoms with Gasteiger partial charge in [0.2, 0.25) is 0 Å². The third-order valence-corrected chi connectivity index (χ3v) is 5.48. The molecule has 0 aromatic carbocycles. The predicted molar refractivity (Wildman–Crippen MR) is 86.5 cm³/mol. The van der Waals surface area contributed by atoms with E-state index in [2.05, 4.69) is 28.7 Å². The van der Waals surface area contributed by atoms with Crippen molar-refractivity contribution in [3.8, 4) is 0 Å². The predicted octanol–water partition coefficient (Wildman–Crippen LogP) is 4.39. The van der Waals surface area contributed by atoms with Crippen molar-refractivity contribution in [1.82, 2.24) is 14.9 Å². The first-order valence-electron chi connectivity index (χ1n) is 8.87. The Morgan fingerprint density at radius 3 is 2.91 bits per heavy atom. The van der Waals surface area contributed by atoms with E-state index in [1.807, 2.05) is 0 Å². The van der Waals surface area contributed by atoms with Crippen molar-refractivity contribution in [3.05, 3.63) is 23.8 Å². The number of halogens is 2. The fourth-order valence-corrected chi connectivity index (χ4v) is 4.74. The van der Waals surface area contributed by atoms with Gasteiger partial charge in [-0.3, -0.25) is 4.90 Å². The monoisotopic (exact) mass is 323 g/mol. The van der Waals surface area contributed by atoms with Crippen molar-refractivity contribution in [2.75, 3.05) is 6.54 Å². The summed E-state index contributed by atoms with van der Waals surface area (Å²) in [6.45, 7) is 5.82. The summed E-state index contributed by atoms with van der Waals surface area (Å²) in [7, 11) is 0. The Morgan fingerprint density at radius 2 is 2.17 bits per heavy atom. The first-order chi connectivity index (χ1) is 11.0. The van der Waals surface area contributed by atoms with Gasteiger partial charge in [0.1, 0.15) is 0 Å². The molecule has 2 aliphatic heterocycles. The van der Waals surface area contributed by atoms with Gasteiger partial charge in [-0.15, -0.1) is 0 Å². The third kappa shape index (κ3) is 3.54. The average molecular weight is 323 g/mol. The van der Waals surface area contributed by atoms with E-state index in [0.29, 0.717) is 11.6 Å². The van der Waals surface area contributed by atoms with Gasteiger partial charge < -0.3 is 0 Å². The average Bonchev–Trinajstić information content (AvgIpc) is 3.03. The molecule has 0 N–H and O–H groups in total. The molecule has 0 bridgehead atoms. The molecular weight excluding hydrogens is 296 g/mol. The summed E-state index contributed by atoms with van der Waals surface area (Å²) in [6, 6.07) is 2.35. The van der Waals surface area contributed by atoms with E-state index in [4.69, 9.17) is 0 Å². The summed E-state index contributed by atoms with van der Waals surface area (Å²) in [4.78, 5) is 10.4. The Bertz CT molecular complexity index is 535. The summed E-state index contributed by atoms with van der Waals surface area (Å²) >= 11 is 0. The van der Waals surface area contributed by atoms with Gasteiger partial charge in [0.05, 0.1) is 0 Å². The summed E-state index contributed by atoms with van der Waals surface area (Å²) in [6.07, 6.45) is 7.09. The van der Waals surface area contributed by atoms with Crippen LogP contribution in [-0.2, 0) is 6.42 Å². The van der Waals surface area contributed by atoms with Gasteiger partial charge in [0, 0.05) is 23.5 Å². The van der Waals surface area contributed by atoms with Crippen LogP contribution in [0.3, 0.4) is 0 Å². The minimum atomic E-state index is -2.58. The van der Waals surface area contributed by atoms with Crippen molar-refractivity contribution in [2.45, 2.75) is 76.8 Å². The van der Waals surface area contributed by atoms with Crippen molar-refractivity contribution >= 4 is 0 Å². The number of alkyl halides is 2. The molecule has 2 unspecified atom stereocenters. The lowest BCUT2D eigenvalue weighted by Crippen LogP contribution is -2.43. The van der Waals surface area contributed by atoms with Crippen LogP contribution in [0.4, 0.5) is 8.78 Å². The van der Waals surface area contributed by atoms with Crippen LogP contribution in [0.5, 0.6) is 0 Å². The molecule has 3 heterocycles. The van der Waals surface area contributed by atoms with Gasteiger partial charge in [-0.25, -0.2) is 18.7 Å². The third-order valence-electron chi connectivity index (χ3n) is 5.48. The standard InChI is InChI=1S/C18H27F2N3/c1-13(2)12-18-8-3-11-23(18)15(6-9-18)5-4-14-7-10-21-17(22-14)16(19)20/h7,10,13,15-16H,3-6,8-9,11-12H2,1-2H3. The Morgan fingerprint density at radius 1 is 1.35 bits per heavy atom. The Kier molecular flexibility index (Phi) is 4.95. The second-order valence-corrected chi connectivity index (χ2v) is 7.56. The zero-order valence-corrected chi connectivity index (χ0v) is 14.1. The Labute approximate surface area is 137 Å². The van der Waals surface area contributed by atoms with E-state index in [-0.39, 0.29) is 5.82 Å². The normalized spacial score (nSPS) is 28.0. The molecule has 0 saturated carbocycles. The maximum atomic E-state index is 12.7. The molecule has 23 heavy (non-hydrogen) atoms. The number of aromatic nitrogens is 2. The molecule has 0 radical (unpaired) electrons. The summed E-state index contributed by atoms with van der Waals surface area (Å²) in [5.74, 6) is 0.383. The van der Waals surface area contributed by atoms with Crippen LogP contribution in [0.15, 0.2) is 12.3 Å². The molecule has 0 aliphatic carbocycles. The van der Waals surface area contributed by atoms with Crippen molar-refractivity contribution in [3.63, 3.8) is 0 Å². The van der Waals surface area contributed by atoms with E-state index < -0.39 is 6.43 Å². The van der Waals surface area contributed by atoms with Crippen molar-refractivity contribution in [1.29, 1.82) is 0 Å². The van der Waals surface area contributed by atoms with Gasteiger partial charge in [0.15, 0.2) is 5.82 Å². The van der Waals surface area contributed by atoms with Crippen LogP contribution in [-0.4, -0.2) is 33.0 Å². The van der Waals surface area contributed by atoms with E-state index in [1.54, 1.807) is 6.07 Å². The molecule has 2 fully saturated rings. The van der Waals surface area contributed by atoms with Crippen LogP contribution in [0, 0.1) is 5.92 Å². The largest absolute Gasteiger partial charge is 0.297 e. The molecular formula is C18H27F2N3. The molecule has 3 nitrogen and oxygen atoms in total. The molecule has 2 saturated heterocycles. The lowest BCUT2D eigenvalue weighted by molar-refractivity contribution is 0.122. The Balaban J connectivity index is 1.62. The van der Waals surface area contributed by atoms with E-state index in [1.165, 1.54) is 44.8 Å². The lowest BCUT2D eigenvalue weighted by atomic mass is 9.85. The first kappa shape index (κ1) is 16.7. The quantitative estimate of drug-likeness (QED) is 0.777. The first-order valence-corrected chi connectivity index (χ1v) is 8.87. The minimum absolute atomic E-state index is 0.343. The van der Waals surface area contributed by atoms with Gasteiger partial charge in [-0.2, -0.15) is 0 Å². The fraction of sp³-hybridized carbons (Fsp3) is 0.778. The second kappa shape index (κ2) is 6.80. The van der Waals surface area contributed by atoms with Gasteiger partial charge >= 0.3 is 0 Å². The number of rotatable bonds is 6. The zero-order chi connectivity index (χ0) is 16.4. The van der Waals surface area contributed by atoms with Crippen molar-refractivity contribution in [2.24, 2.45) is 5.92 Å². The minimum Gasteiger partial charge on any atom is -0.295 e. The van der Waals surface area contributed by atoms with E-state index >= 15 is 0 Å². The Hall–Kier alpha value is -1.10. The molecule has 2 atom stereocenters. The van der Waals surface area contributed by atoms with Crippen LogP contribution < -0.4 is 0 Å². The molecule has 1 aromatic heterocycles. The molecule has 1 aromatic rings. The highest BCUT2D eigenvalue weighted by Gasteiger charge is 2.48. The number of nitrogens with zero attached hydrogens (tertiary/aromatic N) is 3. The van der Waals surface area contributed by atoms with E-state index in [9.17, 15) is 8.78 Å². The van der Waals surface area contributed by atoms with Gasteiger partial charge in [0.25, 0.3) is 6.43 Å². The fourth-order valence-electron chi connectivity index (χ4n) is 4.74. The molecule has 3 rings (SSSR count). The van der Waals surface area contributed by atoms with Gasteiger partial charge in [-0.05, 0) is 63.5 Å². The second-order valence-electron chi connectivity index (χ2n) is 7.56. The topological polar surface area (TPSA) is 29.0 Å². The maximum absolute atomic E-state index is 12.7. The maximum Gasteiger partial charge on any atom is 0.297 e. The highest BCUT2D eigenvalue weighted by atomic mass is 19.3. The molecule has 128 valence electrons. The van der Waals surface area contributed by atoms with Crippen LogP contribution >= 0.6 is 0 Å². The van der Waals surface area contributed by atoms with Crippen LogP contribution in [0.25, 0.3) is 0 Å². The van der Waals surface area contributed by atoms with Crippen LogP contribution in [0.2, 0.25) is 0 Å². The summed E-state index contributed by atoms with van der Waals surface area (Å²) in [5, 5.41) is 0. The number of aryl methyl sites for hydroxylation is 1. The van der Waals surface area contributed by atoms with E-state index in [0.717, 1.165) is 24.5 Å².